The van der Waals surface area contributed by atoms with Crippen molar-refractivity contribution in [2.24, 2.45) is 5.92 Å². The lowest BCUT2D eigenvalue weighted by atomic mass is 9.52. The highest BCUT2D eigenvalue weighted by molar-refractivity contribution is 5.89. The molecule has 0 radical (unpaired) electrons. The van der Waals surface area contributed by atoms with Crippen LogP contribution in [0.4, 0.5) is 0 Å². The van der Waals surface area contributed by atoms with E-state index < -0.39 is 96.2 Å². The van der Waals surface area contributed by atoms with Gasteiger partial charge < -0.3 is 49.5 Å². The summed E-state index contributed by atoms with van der Waals surface area (Å²) in [4.78, 5) is 72.6. The highest BCUT2D eigenvalue weighted by Crippen LogP contribution is 2.63. The number of rotatable bonds is 14. The lowest BCUT2D eigenvalue weighted by molar-refractivity contribution is -0.179. The number of nitrogens with one attached hydrogen (secondary N) is 1. The third kappa shape index (κ3) is 6.03. The third-order valence-corrected chi connectivity index (χ3v) is 8.94. The molecule has 1 aliphatic heterocycles. The van der Waals surface area contributed by atoms with Gasteiger partial charge in [0.1, 0.15) is 11.5 Å². The second-order valence-electron chi connectivity index (χ2n) is 11.8. The number of Topliss-reactive ketones (excluding diaryl/α,β-unsaturated/α-hetero) is 1. The van der Waals surface area contributed by atoms with Crippen LogP contribution in [-0.2, 0) is 54.8 Å². The Balaban J connectivity index is 1.52. The lowest BCUT2D eigenvalue weighted by Gasteiger charge is -2.56. The van der Waals surface area contributed by atoms with Crippen LogP contribution in [0.5, 0.6) is 11.5 Å². The highest BCUT2D eigenvalue weighted by Gasteiger charge is 2.69. The molecule has 3 aliphatic rings. The SMILES string of the molecule is CC[C@]12c3c4ccc(O)c3O[C@H]1C(OC(=O)C[C@H](CC(C)=O)C(=O)O[C@@H](C)C(=O)O[C@H](CC(=O)O)C(=O)O)=CC[C@@]2(O)[C@H](NC)C4. The topological polar surface area (TPSA) is 232 Å². The number of carbonyl (C=O) groups is 6. The first-order chi connectivity index (χ1) is 21.6. The number of ketones is 1. The first-order valence-electron chi connectivity index (χ1n) is 14.8. The Morgan fingerprint density at radius 3 is 2.35 bits per heavy atom. The number of carboxylic acids is 2. The molecule has 0 saturated carbocycles. The van der Waals surface area contributed by atoms with Crippen LogP contribution in [0.1, 0.15) is 64.0 Å². The van der Waals surface area contributed by atoms with E-state index in [-0.39, 0.29) is 23.7 Å². The fourth-order valence-corrected chi connectivity index (χ4v) is 6.83. The molecule has 0 spiro atoms. The molecule has 0 unspecified atom stereocenters. The predicted molar refractivity (Wildman–Crippen MR) is 154 cm³/mol. The van der Waals surface area contributed by atoms with Crippen molar-refractivity contribution < 1.29 is 68.1 Å². The van der Waals surface area contributed by atoms with Crippen molar-refractivity contribution in [3.8, 4) is 11.5 Å². The van der Waals surface area contributed by atoms with Crippen LogP contribution < -0.4 is 10.1 Å². The maximum atomic E-state index is 13.3. The Morgan fingerprint density at radius 2 is 1.76 bits per heavy atom. The van der Waals surface area contributed by atoms with Gasteiger partial charge in [0.2, 0.25) is 6.10 Å². The molecule has 1 aromatic carbocycles. The Morgan fingerprint density at radius 1 is 1.07 bits per heavy atom. The van der Waals surface area contributed by atoms with Crippen molar-refractivity contribution in [2.75, 3.05) is 7.05 Å². The first kappa shape index (κ1) is 34.4. The van der Waals surface area contributed by atoms with Crippen LogP contribution in [0.2, 0.25) is 0 Å². The van der Waals surface area contributed by atoms with Gasteiger partial charge in [-0.15, -0.1) is 0 Å². The molecule has 5 N–H and O–H groups in total. The van der Waals surface area contributed by atoms with E-state index in [0.29, 0.717) is 18.4 Å². The summed E-state index contributed by atoms with van der Waals surface area (Å²) in [6.07, 6.45) is -4.47. The van der Waals surface area contributed by atoms with Crippen molar-refractivity contribution in [3.05, 3.63) is 35.1 Å². The zero-order chi connectivity index (χ0) is 34.1. The quantitative estimate of drug-likeness (QED) is 0.139. The Kier molecular flexibility index (Phi) is 9.78. The molecular formula is C31H37NO14. The van der Waals surface area contributed by atoms with E-state index in [1.54, 1.807) is 13.1 Å². The molecule has 0 fully saturated rings. The number of aromatic hydroxyl groups is 1. The van der Waals surface area contributed by atoms with E-state index in [4.69, 9.17) is 24.4 Å². The molecule has 4 rings (SSSR count). The second-order valence-corrected chi connectivity index (χ2v) is 11.8. The van der Waals surface area contributed by atoms with Gasteiger partial charge in [-0.05, 0) is 51.4 Å². The van der Waals surface area contributed by atoms with Gasteiger partial charge >= 0.3 is 29.8 Å². The van der Waals surface area contributed by atoms with Gasteiger partial charge in [0.25, 0.3) is 0 Å². The molecule has 0 amide bonds. The number of hydrogen-bond acceptors (Lipinski definition) is 13. The highest BCUT2D eigenvalue weighted by atomic mass is 16.6. The molecule has 1 aromatic rings. The average molecular weight is 648 g/mol. The van der Waals surface area contributed by atoms with Crippen LogP contribution in [-0.4, -0.2) is 93.1 Å². The van der Waals surface area contributed by atoms with Crippen LogP contribution in [0.3, 0.4) is 0 Å². The van der Waals surface area contributed by atoms with Crippen LogP contribution in [0.15, 0.2) is 24.0 Å². The van der Waals surface area contributed by atoms with Gasteiger partial charge in [-0.25, -0.2) is 9.59 Å². The van der Waals surface area contributed by atoms with Gasteiger partial charge in [0.05, 0.1) is 29.8 Å². The number of likely N-dealkylation sites (N-methyl/N-ethyl adjacent to an activating group) is 1. The summed E-state index contributed by atoms with van der Waals surface area (Å²) >= 11 is 0. The standard InChI is InChI=1S/C31H37NO14/c1-5-30-24-16-6-7-18(34)25(24)46-26(30)19(8-9-31(30,42)21(11-16)32-4)44-23(37)12-17(10-14(2)33)29(41)43-15(3)28(40)45-20(27(38)39)13-22(35)36/h6-8,15,17,20-21,26,32,34,42H,5,9-13H2,1-4H3,(H,35,36)(H,38,39)/t15-,17-,20+,21+,26-,30-,31+/m0/s1. The molecule has 15 heteroatoms. The number of ether oxygens (including phenoxy) is 4. The summed E-state index contributed by atoms with van der Waals surface area (Å²) in [5.41, 5.74) is -0.973. The minimum Gasteiger partial charge on any atom is -0.504 e. The van der Waals surface area contributed by atoms with E-state index in [1.807, 2.05) is 6.92 Å². The zero-order valence-electron chi connectivity index (χ0n) is 25.7. The summed E-state index contributed by atoms with van der Waals surface area (Å²) in [7, 11) is 1.73. The molecule has 46 heavy (non-hydrogen) atoms. The number of esters is 3. The van der Waals surface area contributed by atoms with Crippen molar-refractivity contribution in [1.82, 2.24) is 5.32 Å². The van der Waals surface area contributed by atoms with Crippen LogP contribution in [0, 0.1) is 5.92 Å². The monoisotopic (exact) mass is 647 g/mol. The molecule has 1 heterocycles. The van der Waals surface area contributed by atoms with E-state index in [0.717, 1.165) is 12.5 Å². The van der Waals surface area contributed by atoms with E-state index in [9.17, 15) is 39.0 Å². The first-order valence-corrected chi connectivity index (χ1v) is 14.8. The summed E-state index contributed by atoms with van der Waals surface area (Å²) in [6.45, 7) is 4.10. The van der Waals surface area contributed by atoms with Gasteiger partial charge in [0, 0.05) is 24.4 Å². The van der Waals surface area contributed by atoms with Crippen LogP contribution >= 0.6 is 0 Å². The number of carbonyl (C=O) groups excluding carboxylic acids is 4. The molecule has 0 aromatic heterocycles. The van der Waals surface area contributed by atoms with Gasteiger partial charge in [-0.1, -0.05) is 13.0 Å². The van der Waals surface area contributed by atoms with Crippen molar-refractivity contribution in [1.29, 1.82) is 0 Å². The second kappa shape index (κ2) is 13.1. The number of hydrogen-bond donors (Lipinski definition) is 5. The number of phenols is 1. The fraction of sp³-hybridized carbons (Fsp3) is 0.548. The summed E-state index contributed by atoms with van der Waals surface area (Å²) in [5.74, 6) is -8.48. The Hall–Kier alpha value is -4.50. The summed E-state index contributed by atoms with van der Waals surface area (Å²) in [5, 5.41) is 43.9. The maximum absolute atomic E-state index is 13.3. The number of aliphatic carboxylic acids is 2. The fourth-order valence-electron chi connectivity index (χ4n) is 6.83. The maximum Gasteiger partial charge on any atom is 0.348 e. The van der Waals surface area contributed by atoms with E-state index in [1.165, 1.54) is 19.1 Å². The van der Waals surface area contributed by atoms with Gasteiger partial charge in [-0.2, -0.15) is 0 Å². The van der Waals surface area contributed by atoms with Crippen LogP contribution in [0.25, 0.3) is 0 Å². The largest absolute Gasteiger partial charge is 0.504 e. The predicted octanol–water partition coefficient (Wildman–Crippen LogP) is 0.895. The van der Waals surface area contributed by atoms with Gasteiger partial charge in [0.15, 0.2) is 23.7 Å². The van der Waals surface area contributed by atoms with E-state index >= 15 is 0 Å². The minimum atomic E-state index is -2.03. The van der Waals surface area contributed by atoms with Crippen molar-refractivity contribution in [2.45, 2.75) is 94.7 Å². The normalized spacial score (nSPS) is 25.9. The molecule has 15 nitrogen and oxygen atoms in total. The number of aliphatic hydroxyl groups is 1. The number of carboxylic acid groups (broad SMARTS) is 2. The minimum absolute atomic E-state index is 0.0554. The third-order valence-electron chi connectivity index (χ3n) is 8.94. The molecule has 250 valence electrons. The zero-order valence-corrected chi connectivity index (χ0v) is 25.7. The van der Waals surface area contributed by atoms with Crippen molar-refractivity contribution in [3.63, 3.8) is 0 Å². The average Bonchev–Trinajstić information content (AvgIpc) is 3.35. The van der Waals surface area contributed by atoms with Gasteiger partial charge in [-0.3, -0.25) is 14.4 Å². The number of benzene rings is 1. The molecule has 2 aliphatic carbocycles. The molecule has 7 atom stereocenters. The summed E-state index contributed by atoms with van der Waals surface area (Å²) in [6, 6.07) is 2.88. The smallest absolute Gasteiger partial charge is 0.348 e. The molecule has 0 saturated heterocycles. The Bertz CT molecular complexity index is 1490. The summed E-state index contributed by atoms with van der Waals surface area (Å²) < 4.78 is 21.6. The number of phenolic OH excluding ortho intramolecular Hbond substituents is 1. The van der Waals surface area contributed by atoms with E-state index in [2.05, 4.69) is 10.1 Å². The lowest BCUT2D eigenvalue weighted by Crippen LogP contribution is -2.70. The molecular weight excluding hydrogens is 610 g/mol. The Labute approximate surface area is 263 Å². The molecule has 0 bridgehead atoms. The van der Waals surface area contributed by atoms with Crippen molar-refractivity contribution >= 4 is 35.6 Å².